The number of esters is 1. The summed E-state index contributed by atoms with van der Waals surface area (Å²) < 4.78 is 6.91. The van der Waals surface area contributed by atoms with Crippen LogP contribution in [-0.4, -0.2) is 28.3 Å². The van der Waals surface area contributed by atoms with Gasteiger partial charge in [-0.15, -0.1) is 11.3 Å². The fourth-order valence-corrected chi connectivity index (χ4v) is 3.99. The molecule has 0 saturated carbocycles. The normalized spacial score (nSPS) is 10.8. The minimum absolute atomic E-state index is 0.113. The molecule has 0 aromatic carbocycles. The molecule has 0 unspecified atom stereocenters. The maximum absolute atomic E-state index is 12.4. The number of aryl methyl sites for hydroxylation is 4. The molecule has 2 rings (SSSR count). The van der Waals surface area contributed by atoms with Gasteiger partial charge < -0.3 is 10.1 Å². The van der Waals surface area contributed by atoms with Crippen molar-refractivity contribution in [2.45, 2.75) is 47.0 Å². The highest BCUT2D eigenvalue weighted by molar-refractivity contribution is 7.16. The predicted molar refractivity (Wildman–Crippen MR) is 99.3 cm³/mol. The molecule has 25 heavy (non-hydrogen) atoms. The van der Waals surface area contributed by atoms with Crippen LogP contribution in [0.5, 0.6) is 0 Å². The number of ether oxygens (including phenoxy) is 1. The third-order valence-electron chi connectivity index (χ3n) is 4.03. The second-order valence-corrected chi connectivity index (χ2v) is 7.10. The minimum atomic E-state index is -0.373. The summed E-state index contributed by atoms with van der Waals surface area (Å²) in [6, 6.07) is 0. The van der Waals surface area contributed by atoms with Crippen molar-refractivity contribution in [2.24, 2.45) is 7.05 Å². The second kappa shape index (κ2) is 8.29. The van der Waals surface area contributed by atoms with Crippen molar-refractivity contribution >= 4 is 28.2 Å². The quantitative estimate of drug-likeness (QED) is 0.765. The number of nitrogens with one attached hydrogen (secondary N) is 1. The minimum Gasteiger partial charge on any atom is -0.462 e. The zero-order valence-corrected chi connectivity index (χ0v) is 16.2. The highest BCUT2D eigenvalue weighted by Gasteiger charge is 2.23. The lowest BCUT2D eigenvalue weighted by Gasteiger charge is -2.08. The van der Waals surface area contributed by atoms with Crippen LogP contribution in [0.25, 0.3) is 0 Å². The number of rotatable bonds is 7. The first-order chi connectivity index (χ1) is 11.9. The van der Waals surface area contributed by atoms with Crippen LogP contribution >= 0.6 is 11.3 Å². The topological polar surface area (TPSA) is 73.2 Å². The molecule has 0 aliphatic heterocycles. The maximum Gasteiger partial charge on any atom is 0.341 e. The van der Waals surface area contributed by atoms with Crippen molar-refractivity contribution in [3.05, 3.63) is 33.5 Å². The largest absolute Gasteiger partial charge is 0.462 e. The second-order valence-electron chi connectivity index (χ2n) is 5.88. The van der Waals surface area contributed by atoms with E-state index in [9.17, 15) is 9.59 Å². The van der Waals surface area contributed by atoms with Gasteiger partial charge in [-0.2, -0.15) is 5.10 Å². The Morgan fingerprint density at radius 2 is 2.04 bits per heavy atom. The fraction of sp³-hybridized carbons (Fsp3) is 0.500. The maximum atomic E-state index is 12.4. The molecule has 7 heteroatoms. The zero-order chi connectivity index (χ0) is 18.6. The van der Waals surface area contributed by atoms with Gasteiger partial charge in [0.2, 0.25) is 5.91 Å². The Kier molecular flexibility index (Phi) is 6.36. The Morgan fingerprint density at radius 1 is 1.32 bits per heavy atom. The molecule has 2 aromatic heterocycles. The molecule has 1 amide bonds. The van der Waals surface area contributed by atoms with E-state index in [1.807, 2.05) is 34.0 Å². The van der Waals surface area contributed by atoms with Gasteiger partial charge in [0.05, 0.1) is 17.9 Å². The van der Waals surface area contributed by atoms with Crippen molar-refractivity contribution in [1.29, 1.82) is 0 Å². The summed E-state index contributed by atoms with van der Waals surface area (Å²) in [5, 5.41) is 7.76. The summed E-state index contributed by atoms with van der Waals surface area (Å²) in [5.74, 6) is -0.486. The van der Waals surface area contributed by atoms with Crippen molar-refractivity contribution < 1.29 is 14.3 Å². The van der Waals surface area contributed by atoms with Crippen LogP contribution < -0.4 is 5.32 Å². The molecule has 0 saturated heterocycles. The summed E-state index contributed by atoms with van der Waals surface area (Å²) in [4.78, 5) is 25.7. The van der Waals surface area contributed by atoms with Gasteiger partial charge >= 0.3 is 5.97 Å². The number of nitrogens with zero attached hydrogens (tertiary/aromatic N) is 2. The van der Waals surface area contributed by atoms with Crippen LogP contribution in [0.3, 0.4) is 0 Å². The van der Waals surface area contributed by atoms with Crippen LogP contribution in [0, 0.1) is 13.8 Å². The number of aromatic nitrogens is 2. The third kappa shape index (κ3) is 4.48. The first-order valence-corrected chi connectivity index (χ1v) is 9.27. The van der Waals surface area contributed by atoms with E-state index >= 15 is 0 Å². The first-order valence-electron chi connectivity index (χ1n) is 8.45. The summed E-state index contributed by atoms with van der Waals surface area (Å²) in [6.07, 6.45) is 3.61. The SMILES string of the molecule is CCOC(=O)c1c(NC(=O)CCc2cn(C)nc2C)sc(C)c1CC. The molecule has 0 radical (unpaired) electrons. The number of thiophene rings is 1. The predicted octanol–water partition coefficient (Wildman–Crippen LogP) is 3.41. The Morgan fingerprint density at radius 3 is 2.60 bits per heavy atom. The molecule has 1 N–H and O–H groups in total. The lowest BCUT2D eigenvalue weighted by Crippen LogP contribution is -2.15. The Hall–Kier alpha value is -2.15. The van der Waals surface area contributed by atoms with Gasteiger partial charge in [0.25, 0.3) is 0 Å². The standard InChI is InChI=1S/C18H25N3O3S/c1-6-14-12(4)25-17(16(14)18(23)24-7-2)19-15(22)9-8-13-10-21(5)20-11(13)3/h10H,6-9H2,1-5H3,(H,19,22). The molecule has 2 aromatic rings. The fourth-order valence-electron chi connectivity index (χ4n) is 2.84. The zero-order valence-electron chi connectivity index (χ0n) is 15.4. The smallest absolute Gasteiger partial charge is 0.341 e. The van der Waals surface area contributed by atoms with E-state index in [1.54, 1.807) is 11.6 Å². The number of hydrogen-bond acceptors (Lipinski definition) is 5. The van der Waals surface area contributed by atoms with Gasteiger partial charge in [-0.3, -0.25) is 9.48 Å². The molecular formula is C18H25N3O3S. The highest BCUT2D eigenvalue weighted by Crippen LogP contribution is 2.34. The number of amides is 1. The first kappa shape index (κ1) is 19.2. The van der Waals surface area contributed by atoms with Gasteiger partial charge in [-0.25, -0.2) is 4.79 Å². The van der Waals surface area contributed by atoms with E-state index < -0.39 is 0 Å². The average Bonchev–Trinajstić information content (AvgIpc) is 3.03. The number of hydrogen-bond donors (Lipinski definition) is 1. The Balaban J connectivity index is 2.12. The van der Waals surface area contributed by atoms with Gasteiger partial charge in [0, 0.05) is 24.5 Å². The molecule has 0 aliphatic rings. The van der Waals surface area contributed by atoms with Gasteiger partial charge in [0.1, 0.15) is 5.00 Å². The Bertz CT molecular complexity index is 777. The van der Waals surface area contributed by atoms with E-state index in [2.05, 4.69) is 10.4 Å². The molecule has 0 fully saturated rings. The van der Waals surface area contributed by atoms with E-state index in [4.69, 9.17) is 4.74 Å². The van der Waals surface area contributed by atoms with E-state index in [0.29, 0.717) is 30.0 Å². The summed E-state index contributed by atoms with van der Waals surface area (Å²) in [6.45, 7) is 7.97. The monoisotopic (exact) mass is 363 g/mol. The van der Waals surface area contributed by atoms with Crippen LogP contribution in [0.4, 0.5) is 5.00 Å². The summed E-state index contributed by atoms with van der Waals surface area (Å²) >= 11 is 1.43. The molecule has 0 bridgehead atoms. The van der Waals surface area contributed by atoms with Crippen molar-refractivity contribution in [1.82, 2.24) is 9.78 Å². The molecule has 0 aliphatic carbocycles. The molecule has 2 heterocycles. The highest BCUT2D eigenvalue weighted by atomic mass is 32.1. The molecule has 0 atom stereocenters. The molecule has 6 nitrogen and oxygen atoms in total. The lowest BCUT2D eigenvalue weighted by atomic mass is 10.1. The van der Waals surface area contributed by atoms with Crippen LogP contribution in [0.2, 0.25) is 0 Å². The lowest BCUT2D eigenvalue weighted by molar-refractivity contribution is -0.116. The van der Waals surface area contributed by atoms with Crippen LogP contribution in [-0.2, 0) is 29.4 Å². The van der Waals surface area contributed by atoms with E-state index in [0.717, 1.165) is 28.1 Å². The van der Waals surface area contributed by atoms with Crippen LogP contribution in [0.1, 0.15) is 52.3 Å². The number of carbonyl (C=O) groups excluding carboxylic acids is 2. The van der Waals surface area contributed by atoms with Crippen molar-refractivity contribution in [3.8, 4) is 0 Å². The van der Waals surface area contributed by atoms with Gasteiger partial charge in [0.15, 0.2) is 0 Å². The van der Waals surface area contributed by atoms with Crippen LogP contribution in [0.15, 0.2) is 6.20 Å². The van der Waals surface area contributed by atoms with Crippen molar-refractivity contribution in [3.63, 3.8) is 0 Å². The summed E-state index contributed by atoms with van der Waals surface area (Å²) in [7, 11) is 1.86. The number of anilines is 1. The molecule has 0 spiro atoms. The van der Waals surface area contributed by atoms with Gasteiger partial charge in [-0.1, -0.05) is 6.92 Å². The molecule has 136 valence electrons. The number of carbonyl (C=O) groups is 2. The Labute approximate surface area is 152 Å². The third-order valence-corrected chi connectivity index (χ3v) is 5.09. The average molecular weight is 363 g/mol. The molecular weight excluding hydrogens is 338 g/mol. The summed E-state index contributed by atoms with van der Waals surface area (Å²) in [5.41, 5.74) is 3.43. The van der Waals surface area contributed by atoms with E-state index in [1.165, 1.54) is 11.3 Å². The van der Waals surface area contributed by atoms with E-state index in [-0.39, 0.29) is 11.9 Å². The van der Waals surface area contributed by atoms with Crippen molar-refractivity contribution in [2.75, 3.05) is 11.9 Å². The van der Waals surface area contributed by atoms with Gasteiger partial charge in [-0.05, 0) is 44.7 Å².